The average molecular weight is 535 g/mol. The first-order valence-electron chi connectivity index (χ1n) is 15.3. The van der Waals surface area contributed by atoms with Crippen molar-refractivity contribution >= 4 is 8.09 Å². The fraction of sp³-hybridized carbons (Fsp3) is 0.871. The van der Waals surface area contributed by atoms with Gasteiger partial charge in [0.2, 0.25) is 0 Å². The molecule has 0 amide bonds. The summed E-state index contributed by atoms with van der Waals surface area (Å²) in [4.78, 5) is 10.1. The Morgan fingerprint density at radius 3 is 2.68 bits per heavy atom. The second-order valence-electron chi connectivity index (χ2n) is 13.9. The zero-order valence-electron chi connectivity index (χ0n) is 24.1. The summed E-state index contributed by atoms with van der Waals surface area (Å²) in [6.07, 6.45) is 20.7. The molecular formula is C31H53NO4P+. The lowest BCUT2D eigenvalue weighted by Crippen LogP contribution is -2.51. The van der Waals surface area contributed by atoms with Crippen molar-refractivity contribution in [3.63, 3.8) is 0 Å². The third kappa shape index (κ3) is 5.54. The molecular weight excluding hydrogens is 481 g/mol. The van der Waals surface area contributed by atoms with Gasteiger partial charge in [0, 0.05) is 0 Å². The van der Waals surface area contributed by atoms with E-state index in [1.807, 2.05) is 0 Å². The van der Waals surface area contributed by atoms with Crippen LogP contribution in [0.15, 0.2) is 24.1 Å². The van der Waals surface area contributed by atoms with E-state index in [1.165, 1.54) is 64.0 Å². The van der Waals surface area contributed by atoms with E-state index in [1.54, 1.807) is 11.8 Å². The van der Waals surface area contributed by atoms with Crippen LogP contribution in [0.5, 0.6) is 0 Å². The van der Waals surface area contributed by atoms with Crippen molar-refractivity contribution < 1.29 is 18.7 Å². The Morgan fingerprint density at radius 1 is 1.08 bits per heavy atom. The van der Waals surface area contributed by atoms with Crippen molar-refractivity contribution in [2.24, 2.45) is 46.3 Å². The van der Waals surface area contributed by atoms with Gasteiger partial charge in [-0.2, -0.15) is 9.98 Å². The quantitative estimate of drug-likeness (QED) is 0.168. The van der Waals surface area contributed by atoms with Crippen LogP contribution in [0.2, 0.25) is 0 Å². The van der Waals surface area contributed by atoms with E-state index < -0.39 is 8.09 Å². The molecule has 0 aromatic rings. The molecule has 0 aromatic heterocycles. The second kappa shape index (κ2) is 11.1. The smallest absolute Gasteiger partial charge is 0.375 e. The van der Waals surface area contributed by atoms with E-state index in [4.69, 9.17) is 13.8 Å². The minimum atomic E-state index is -2.93. The molecule has 2 N–H and O–H groups in total. The third-order valence-electron chi connectivity index (χ3n) is 11.5. The molecule has 3 saturated carbocycles. The van der Waals surface area contributed by atoms with Crippen LogP contribution in [0.25, 0.3) is 0 Å². The van der Waals surface area contributed by atoms with Gasteiger partial charge in [0.05, 0.1) is 18.9 Å². The van der Waals surface area contributed by atoms with Crippen LogP contribution in [0.1, 0.15) is 105 Å². The SMILES string of the molecule is CC(C)CCCC(C)C1CCC2C3CC=C4CC(OCCO[P+]5(O)NC=CO5)CCC4(C)C3CCC12C. The Labute approximate surface area is 226 Å². The predicted molar refractivity (Wildman–Crippen MR) is 151 cm³/mol. The minimum Gasteiger partial charge on any atom is -0.375 e. The summed E-state index contributed by atoms with van der Waals surface area (Å²) >= 11 is 0. The number of ether oxygens (including phenoxy) is 1. The lowest BCUT2D eigenvalue weighted by Gasteiger charge is -2.58. The highest BCUT2D eigenvalue weighted by Crippen LogP contribution is 2.67. The molecule has 5 rings (SSSR count). The Balaban J connectivity index is 1.17. The highest BCUT2D eigenvalue weighted by Gasteiger charge is 2.59. The van der Waals surface area contributed by atoms with Crippen molar-refractivity contribution in [3.05, 3.63) is 24.1 Å². The lowest BCUT2D eigenvalue weighted by atomic mass is 9.47. The van der Waals surface area contributed by atoms with E-state index >= 15 is 0 Å². The van der Waals surface area contributed by atoms with Gasteiger partial charge in [0.25, 0.3) is 0 Å². The second-order valence-corrected chi connectivity index (χ2v) is 15.7. The highest BCUT2D eigenvalue weighted by molar-refractivity contribution is 7.58. The van der Waals surface area contributed by atoms with Gasteiger partial charge in [0.15, 0.2) is 6.26 Å². The monoisotopic (exact) mass is 534 g/mol. The van der Waals surface area contributed by atoms with Gasteiger partial charge < -0.3 is 4.74 Å². The molecule has 210 valence electrons. The van der Waals surface area contributed by atoms with Gasteiger partial charge in [-0.25, -0.2) is 0 Å². The molecule has 5 aliphatic rings. The Morgan fingerprint density at radius 2 is 1.92 bits per heavy atom. The zero-order valence-corrected chi connectivity index (χ0v) is 25.0. The van der Waals surface area contributed by atoms with Gasteiger partial charge >= 0.3 is 8.09 Å². The van der Waals surface area contributed by atoms with Gasteiger partial charge in [-0.05, 0) is 97.7 Å². The minimum absolute atomic E-state index is 0.263. The zero-order chi connectivity index (χ0) is 26.3. The van der Waals surface area contributed by atoms with Gasteiger partial charge in [0.1, 0.15) is 6.61 Å². The Hall–Kier alpha value is -0.610. The molecule has 0 aromatic carbocycles. The summed E-state index contributed by atoms with van der Waals surface area (Å²) in [7, 11) is -2.93. The normalized spacial score (nSPS) is 43.4. The maximum Gasteiger partial charge on any atom is 0.570 e. The maximum absolute atomic E-state index is 10.1. The number of rotatable bonds is 10. The molecule has 1 heterocycles. The van der Waals surface area contributed by atoms with E-state index in [2.05, 4.69) is 45.8 Å². The Bertz CT molecular complexity index is 852. The van der Waals surface area contributed by atoms with Gasteiger partial charge in [-0.15, -0.1) is 4.52 Å². The fourth-order valence-corrected chi connectivity index (χ4v) is 10.5. The molecule has 1 aliphatic heterocycles. The average Bonchev–Trinajstić information content (AvgIpc) is 3.44. The molecule has 3 fully saturated rings. The summed E-state index contributed by atoms with van der Waals surface area (Å²) in [5.41, 5.74) is 2.58. The molecule has 0 radical (unpaired) electrons. The number of nitrogens with one attached hydrogen (secondary N) is 1. The Kier molecular flexibility index (Phi) is 8.39. The summed E-state index contributed by atoms with van der Waals surface area (Å²) < 4.78 is 16.9. The molecule has 0 spiro atoms. The van der Waals surface area contributed by atoms with Crippen LogP contribution in [0, 0.1) is 46.3 Å². The van der Waals surface area contributed by atoms with E-state index in [0.29, 0.717) is 24.0 Å². The largest absolute Gasteiger partial charge is 0.570 e. The summed E-state index contributed by atoms with van der Waals surface area (Å²) in [6, 6.07) is 0. The predicted octanol–water partition coefficient (Wildman–Crippen LogP) is 8.19. The number of fused-ring (bicyclic) bond motifs is 5. The lowest BCUT2D eigenvalue weighted by molar-refractivity contribution is -0.0656. The van der Waals surface area contributed by atoms with Crippen LogP contribution in [0.4, 0.5) is 0 Å². The first-order chi connectivity index (χ1) is 17.6. The van der Waals surface area contributed by atoms with Gasteiger partial charge in [-0.1, -0.05) is 65.5 Å². The fourth-order valence-electron chi connectivity index (χ4n) is 9.51. The van der Waals surface area contributed by atoms with Crippen LogP contribution >= 0.6 is 8.09 Å². The standard InChI is InChI=1S/C31H53NO4P/c1-22(2)7-6-8-23(3)27-11-12-28-26-10-9-24-21-25(34-19-20-36-37(33)32-17-18-35-37)13-15-30(24,4)29(26)14-16-31(27,28)5/h9,17-18,22-23,25-29,32-33H,6-8,10-16,19-21H2,1-5H3/q+1. The molecule has 5 nitrogen and oxygen atoms in total. The van der Waals surface area contributed by atoms with E-state index in [0.717, 1.165) is 48.3 Å². The van der Waals surface area contributed by atoms with Crippen molar-refractivity contribution in [1.29, 1.82) is 0 Å². The van der Waals surface area contributed by atoms with E-state index in [9.17, 15) is 4.89 Å². The number of allylic oxidation sites excluding steroid dienone is 1. The van der Waals surface area contributed by atoms with Gasteiger partial charge in [-0.3, -0.25) is 4.52 Å². The molecule has 9 unspecified atom stereocenters. The topological polar surface area (TPSA) is 60.0 Å². The first kappa shape index (κ1) is 27.9. The third-order valence-corrected chi connectivity index (χ3v) is 12.9. The van der Waals surface area contributed by atoms with Crippen LogP contribution in [-0.2, 0) is 13.8 Å². The van der Waals surface area contributed by atoms with Crippen LogP contribution in [0.3, 0.4) is 0 Å². The maximum atomic E-state index is 10.1. The molecule has 9 atom stereocenters. The van der Waals surface area contributed by atoms with Crippen molar-refractivity contribution in [3.8, 4) is 0 Å². The van der Waals surface area contributed by atoms with Crippen LogP contribution in [-0.4, -0.2) is 24.2 Å². The van der Waals surface area contributed by atoms with Crippen molar-refractivity contribution in [2.75, 3.05) is 13.2 Å². The first-order valence-corrected chi connectivity index (χ1v) is 16.9. The van der Waals surface area contributed by atoms with Crippen molar-refractivity contribution in [2.45, 2.75) is 111 Å². The summed E-state index contributed by atoms with van der Waals surface area (Å²) in [5.74, 6) is 5.28. The number of hydrogen-bond acceptors (Lipinski definition) is 5. The number of hydrogen-bond donors (Lipinski definition) is 2. The molecule has 4 aliphatic carbocycles. The van der Waals surface area contributed by atoms with Crippen molar-refractivity contribution in [1.82, 2.24) is 5.09 Å². The molecule has 0 bridgehead atoms. The highest BCUT2D eigenvalue weighted by atomic mass is 31.2. The van der Waals surface area contributed by atoms with Crippen LogP contribution < -0.4 is 5.09 Å². The molecule has 0 saturated heterocycles. The summed E-state index contributed by atoms with van der Waals surface area (Å²) in [6.45, 7) is 13.4. The molecule has 37 heavy (non-hydrogen) atoms. The summed E-state index contributed by atoms with van der Waals surface area (Å²) in [5, 5.41) is 2.76. The van der Waals surface area contributed by atoms with E-state index in [-0.39, 0.29) is 6.10 Å². The molecule has 6 heteroatoms.